The molecule has 2 aliphatic heterocycles. The van der Waals surface area contributed by atoms with Crippen LogP contribution in [0.15, 0.2) is 41.9 Å². The first-order valence-corrected chi connectivity index (χ1v) is 9.05. The zero-order chi connectivity index (χ0) is 19.8. The largest absolute Gasteiger partial charge is 0.336 e. The fourth-order valence-corrected chi connectivity index (χ4v) is 3.63. The maximum atomic E-state index is 13.4. The average molecular weight is 383 g/mol. The number of carbonyl (C=O) groups excluding carboxylic acids is 1. The van der Waals surface area contributed by atoms with E-state index in [0.717, 1.165) is 18.7 Å². The standard InChI is InChI=1S/C18H21N7O3/c1-12-15(17(26)23-9-7-22(2)8-10-23)16(24-18(21-12)19-11-20-24)13-3-5-14(6-4-13)25(27)28/h3-6,11,16H,7-10H2,1-2H3,(H,19,20,21)/t16-/m1/s1. The number of nitro groups is 1. The van der Waals surface area contributed by atoms with Crippen LogP contribution in [0.5, 0.6) is 0 Å². The maximum Gasteiger partial charge on any atom is 0.269 e. The molecule has 3 heterocycles. The smallest absolute Gasteiger partial charge is 0.269 e. The van der Waals surface area contributed by atoms with Crippen LogP contribution in [-0.4, -0.2) is 68.6 Å². The molecule has 10 nitrogen and oxygen atoms in total. The van der Waals surface area contributed by atoms with Gasteiger partial charge in [0.25, 0.3) is 11.6 Å². The van der Waals surface area contributed by atoms with Crippen molar-refractivity contribution in [3.05, 3.63) is 57.5 Å². The van der Waals surface area contributed by atoms with Crippen molar-refractivity contribution >= 4 is 17.5 Å². The van der Waals surface area contributed by atoms with E-state index in [-0.39, 0.29) is 11.6 Å². The van der Waals surface area contributed by atoms with Crippen LogP contribution in [0.2, 0.25) is 0 Å². The summed E-state index contributed by atoms with van der Waals surface area (Å²) in [7, 11) is 2.04. The Morgan fingerprint density at radius 3 is 2.54 bits per heavy atom. The third kappa shape index (κ3) is 3.11. The Bertz CT molecular complexity index is 942. The lowest BCUT2D eigenvalue weighted by Gasteiger charge is -2.36. The van der Waals surface area contributed by atoms with Gasteiger partial charge in [-0.25, -0.2) is 4.68 Å². The minimum Gasteiger partial charge on any atom is -0.336 e. The SMILES string of the molecule is CC1=C(C(=O)N2CCN(C)CC2)[C@@H](c2ccc([N+](=O)[O-])cc2)n2ncnc2N1. The van der Waals surface area contributed by atoms with Crippen molar-refractivity contribution in [1.82, 2.24) is 24.6 Å². The molecular formula is C18H21N7O3. The van der Waals surface area contributed by atoms with Crippen molar-refractivity contribution in [1.29, 1.82) is 0 Å². The number of fused-ring (bicyclic) bond motifs is 1. The molecule has 0 unspecified atom stereocenters. The van der Waals surface area contributed by atoms with E-state index in [2.05, 4.69) is 20.3 Å². The fourth-order valence-electron chi connectivity index (χ4n) is 3.63. The van der Waals surface area contributed by atoms with Crippen LogP contribution in [-0.2, 0) is 4.79 Å². The Labute approximate surface area is 161 Å². The Morgan fingerprint density at radius 2 is 1.89 bits per heavy atom. The molecule has 0 radical (unpaired) electrons. The van der Waals surface area contributed by atoms with Crippen LogP contribution >= 0.6 is 0 Å². The lowest BCUT2D eigenvalue weighted by molar-refractivity contribution is -0.384. The third-order valence-corrected chi connectivity index (χ3v) is 5.23. The van der Waals surface area contributed by atoms with E-state index in [1.54, 1.807) is 16.8 Å². The number of amides is 1. The molecule has 1 N–H and O–H groups in total. The molecule has 146 valence electrons. The first kappa shape index (κ1) is 18.1. The molecule has 4 rings (SSSR count). The molecule has 10 heteroatoms. The van der Waals surface area contributed by atoms with Gasteiger partial charge in [0.05, 0.1) is 10.5 Å². The predicted octanol–water partition coefficient (Wildman–Crippen LogP) is 1.25. The summed E-state index contributed by atoms with van der Waals surface area (Å²) in [6.45, 7) is 4.80. The quantitative estimate of drug-likeness (QED) is 0.627. The normalized spacial score (nSPS) is 19.9. The van der Waals surface area contributed by atoms with Gasteiger partial charge in [-0.1, -0.05) is 0 Å². The number of nitrogens with one attached hydrogen (secondary N) is 1. The lowest BCUT2D eigenvalue weighted by atomic mass is 9.94. The maximum absolute atomic E-state index is 13.4. The highest BCUT2D eigenvalue weighted by atomic mass is 16.6. The van der Waals surface area contributed by atoms with E-state index in [1.807, 2.05) is 18.9 Å². The summed E-state index contributed by atoms with van der Waals surface area (Å²) < 4.78 is 1.65. The number of piperazine rings is 1. The molecule has 28 heavy (non-hydrogen) atoms. The molecule has 2 aliphatic rings. The lowest BCUT2D eigenvalue weighted by Crippen LogP contribution is -2.49. The van der Waals surface area contributed by atoms with Gasteiger partial charge in [0.1, 0.15) is 12.4 Å². The van der Waals surface area contributed by atoms with Gasteiger partial charge >= 0.3 is 0 Å². The highest BCUT2D eigenvalue weighted by molar-refractivity contribution is 5.96. The number of non-ortho nitro benzene ring substituents is 1. The summed E-state index contributed by atoms with van der Waals surface area (Å²) >= 11 is 0. The van der Waals surface area contributed by atoms with Gasteiger partial charge < -0.3 is 15.1 Å². The number of likely N-dealkylation sites (N-methyl/N-ethyl adjacent to an activating group) is 1. The number of anilines is 1. The second-order valence-electron chi connectivity index (χ2n) is 7.04. The zero-order valence-electron chi connectivity index (χ0n) is 15.7. The van der Waals surface area contributed by atoms with Crippen molar-refractivity contribution in [3.63, 3.8) is 0 Å². The number of aromatic nitrogens is 3. The topological polar surface area (TPSA) is 109 Å². The van der Waals surface area contributed by atoms with E-state index in [1.165, 1.54) is 18.5 Å². The monoisotopic (exact) mass is 383 g/mol. The second kappa shape index (κ2) is 7.04. The predicted molar refractivity (Wildman–Crippen MR) is 102 cm³/mol. The first-order valence-electron chi connectivity index (χ1n) is 9.05. The molecule has 0 bridgehead atoms. The Kier molecular flexibility index (Phi) is 4.55. The van der Waals surface area contributed by atoms with Gasteiger partial charge in [0, 0.05) is 44.0 Å². The zero-order valence-corrected chi connectivity index (χ0v) is 15.7. The van der Waals surface area contributed by atoms with Crippen molar-refractivity contribution in [2.75, 3.05) is 38.5 Å². The van der Waals surface area contributed by atoms with Crippen molar-refractivity contribution in [2.24, 2.45) is 0 Å². The summed E-state index contributed by atoms with van der Waals surface area (Å²) in [4.78, 5) is 32.2. The van der Waals surface area contributed by atoms with Crippen molar-refractivity contribution < 1.29 is 9.72 Å². The fraction of sp³-hybridized carbons (Fsp3) is 0.389. The van der Waals surface area contributed by atoms with Gasteiger partial charge in [0.2, 0.25) is 5.95 Å². The number of rotatable bonds is 3. The molecule has 0 spiro atoms. The minimum atomic E-state index is -0.494. The van der Waals surface area contributed by atoms with Gasteiger partial charge in [-0.05, 0) is 31.7 Å². The van der Waals surface area contributed by atoms with E-state index < -0.39 is 11.0 Å². The molecule has 1 fully saturated rings. The van der Waals surface area contributed by atoms with Crippen molar-refractivity contribution in [2.45, 2.75) is 13.0 Å². The van der Waals surface area contributed by atoms with Crippen LogP contribution < -0.4 is 5.32 Å². The van der Waals surface area contributed by atoms with Crippen molar-refractivity contribution in [3.8, 4) is 0 Å². The summed E-state index contributed by atoms with van der Waals surface area (Å²) in [5.74, 6) is 0.485. The third-order valence-electron chi connectivity index (χ3n) is 5.23. The number of benzene rings is 1. The Balaban J connectivity index is 1.74. The summed E-state index contributed by atoms with van der Waals surface area (Å²) in [5, 5.41) is 18.4. The average Bonchev–Trinajstić information content (AvgIpc) is 3.15. The van der Waals surface area contributed by atoms with Crippen LogP contribution in [0.25, 0.3) is 0 Å². The van der Waals surface area contributed by atoms with E-state index in [9.17, 15) is 14.9 Å². The van der Waals surface area contributed by atoms with Gasteiger partial charge in [-0.2, -0.15) is 10.1 Å². The highest BCUT2D eigenvalue weighted by Crippen LogP contribution is 2.36. The van der Waals surface area contributed by atoms with Crippen LogP contribution in [0, 0.1) is 10.1 Å². The summed E-state index contributed by atoms with van der Waals surface area (Å²) in [6, 6.07) is 5.74. The molecular weight excluding hydrogens is 362 g/mol. The van der Waals surface area contributed by atoms with Gasteiger partial charge in [-0.15, -0.1) is 0 Å². The minimum absolute atomic E-state index is 0.00384. The molecule has 1 aromatic heterocycles. The molecule has 0 saturated carbocycles. The van der Waals surface area contributed by atoms with Crippen LogP contribution in [0.1, 0.15) is 18.5 Å². The van der Waals surface area contributed by atoms with Crippen LogP contribution in [0.4, 0.5) is 11.6 Å². The number of allylic oxidation sites excluding steroid dienone is 1. The Hall–Kier alpha value is -3.27. The number of nitrogens with zero attached hydrogens (tertiary/aromatic N) is 6. The van der Waals surface area contributed by atoms with E-state index in [0.29, 0.717) is 30.3 Å². The first-order chi connectivity index (χ1) is 13.5. The number of carbonyl (C=O) groups is 1. The molecule has 1 atom stereocenters. The number of hydrogen-bond donors (Lipinski definition) is 1. The second-order valence-corrected chi connectivity index (χ2v) is 7.04. The molecule has 1 amide bonds. The molecule has 1 aromatic carbocycles. The van der Waals surface area contributed by atoms with Gasteiger partial charge in [-0.3, -0.25) is 14.9 Å². The molecule has 2 aromatic rings. The van der Waals surface area contributed by atoms with Crippen LogP contribution in [0.3, 0.4) is 0 Å². The highest BCUT2D eigenvalue weighted by Gasteiger charge is 2.36. The summed E-state index contributed by atoms with van der Waals surface area (Å²) in [6.07, 6.45) is 1.43. The number of nitro benzene ring substituents is 1. The Morgan fingerprint density at radius 1 is 1.21 bits per heavy atom. The summed E-state index contributed by atoms with van der Waals surface area (Å²) in [5.41, 5.74) is 2.05. The molecule has 1 saturated heterocycles. The van der Waals surface area contributed by atoms with E-state index in [4.69, 9.17) is 0 Å². The number of hydrogen-bond acceptors (Lipinski definition) is 7. The van der Waals surface area contributed by atoms with Gasteiger partial charge in [0.15, 0.2) is 0 Å². The molecule has 0 aliphatic carbocycles. The van der Waals surface area contributed by atoms with E-state index >= 15 is 0 Å².